The zero-order valence-corrected chi connectivity index (χ0v) is 15.0. The molecular weight excluding hydrogens is 326 g/mol. The molecular formula is C21H23N3O2. The molecule has 1 aliphatic heterocycles. The van der Waals surface area contributed by atoms with Crippen LogP contribution < -0.4 is 0 Å². The van der Waals surface area contributed by atoms with E-state index in [1.165, 1.54) is 16.3 Å². The van der Waals surface area contributed by atoms with Gasteiger partial charge in [0.05, 0.1) is 12.1 Å². The second kappa shape index (κ2) is 7.30. The first-order valence-electron chi connectivity index (χ1n) is 9.08. The van der Waals surface area contributed by atoms with Crippen molar-refractivity contribution in [2.45, 2.75) is 19.9 Å². The molecule has 0 saturated carbocycles. The number of carbonyl (C=O) groups is 1. The van der Waals surface area contributed by atoms with Crippen LogP contribution in [0.1, 0.15) is 17.0 Å². The number of benzene rings is 2. The smallest absolute Gasteiger partial charge is 0.228 e. The van der Waals surface area contributed by atoms with Gasteiger partial charge in [-0.3, -0.25) is 9.69 Å². The number of hydrogen-bond donors (Lipinski definition) is 0. The van der Waals surface area contributed by atoms with Crippen molar-refractivity contribution in [3.05, 3.63) is 65.5 Å². The lowest BCUT2D eigenvalue weighted by Crippen LogP contribution is -2.48. The van der Waals surface area contributed by atoms with Crippen molar-refractivity contribution >= 4 is 16.7 Å². The van der Waals surface area contributed by atoms with Crippen LogP contribution in [0.3, 0.4) is 0 Å². The van der Waals surface area contributed by atoms with Crippen molar-refractivity contribution in [1.29, 1.82) is 0 Å². The summed E-state index contributed by atoms with van der Waals surface area (Å²) in [7, 11) is 0. The molecule has 4 rings (SSSR count). The topological polar surface area (TPSA) is 49.6 Å². The number of nitrogens with zero attached hydrogens (tertiary/aromatic N) is 3. The summed E-state index contributed by atoms with van der Waals surface area (Å²) in [6.45, 7) is 6.08. The molecule has 1 aliphatic rings. The normalized spacial score (nSPS) is 15.5. The highest BCUT2D eigenvalue weighted by molar-refractivity contribution is 5.85. The molecule has 0 unspecified atom stereocenters. The van der Waals surface area contributed by atoms with Gasteiger partial charge in [0.2, 0.25) is 5.91 Å². The van der Waals surface area contributed by atoms with Crippen molar-refractivity contribution in [2.75, 3.05) is 26.2 Å². The predicted octanol–water partition coefficient (Wildman–Crippen LogP) is 3.02. The van der Waals surface area contributed by atoms with Gasteiger partial charge in [0.1, 0.15) is 5.76 Å². The zero-order valence-electron chi connectivity index (χ0n) is 15.0. The monoisotopic (exact) mass is 349 g/mol. The van der Waals surface area contributed by atoms with E-state index < -0.39 is 0 Å². The second-order valence-electron chi connectivity index (χ2n) is 6.90. The molecule has 1 amide bonds. The third kappa shape index (κ3) is 3.63. The Kier molecular flexibility index (Phi) is 4.71. The summed E-state index contributed by atoms with van der Waals surface area (Å²) in [5.74, 6) is 0.871. The molecule has 5 nitrogen and oxygen atoms in total. The Morgan fingerprint density at radius 1 is 1.08 bits per heavy atom. The Bertz CT molecular complexity index is 905. The SMILES string of the molecule is Cc1cc(CC(=O)N2CCN(Cc3cccc4ccccc34)CC2)no1. The molecule has 0 spiro atoms. The van der Waals surface area contributed by atoms with Crippen molar-refractivity contribution in [1.82, 2.24) is 15.0 Å². The number of carbonyl (C=O) groups excluding carboxylic acids is 1. The molecule has 3 aromatic rings. The Labute approximate surface area is 153 Å². The van der Waals surface area contributed by atoms with Gasteiger partial charge in [0.25, 0.3) is 0 Å². The first kappa shape index (κ1) is 16.8. The van der Waals surface area contributed by atoms with Crippen LogP contribution in [0, 0.1) is 6.92 Å². The average Bonchev–Trinajstić information content (AvgIpc) is 3.07. The third-order valence-electron chi connectivity index (χ3n) is 5.01. The molecule has 26 heavy (non-hydrogen) atoms. The lowest BCUT2D eigenvalue weighted by molar-refractivity contribution is -0.132. The van der Waals surface area contributed by atoms with Gasteiger partial charge < -0.3 is 9.42 Å². The number of piperazine rings is 1. The molecule has 1 saturated heterocycles. The number of rotatable bonds is 4. The molecule has 2 heterocycles. The van der Waals surface area contributed by atoms with Gasteiger partial charge in [0, 0.05) is 38.8 Å². The lowest BCUT2D eigenvalue weighted by atomic mass is 10.0. The van der Waals surface area contributed by atoms with E-state index in [1.807, 2.05) is 17.9 Å². The van der Waals surface area contributed by atoms with Crippen molar-refractivity contribution in [3.63, 3.8) is 0 Å². The highest BCUT2D eigenvalue weighted by Crippen LogP contribution is 2.20. The Morgan fingerprint density at radius 2 is 1.85 bits per heavy atom. The molecule has 2 aromatic carbocycles. The van der Waals surface area contributed by atoms with Gasteiger partial charge in [-0.2, -0.15) is 0 Å². The van der Waals surface area contributed by atoms with Gasteiger partial charge >= 0.3 is 0 Å². The Balaban J connectivity index is 1.35. The van der Waals surface area contributed by atoms with E-state index in [0.29, 0.717) is 12.1 Å². The Morgan fingerprint density at radius 3 is 2.62 bits per heavy atom. The van der Waals surface area contributed by atoms with Crippen molar-refractivity contribution in [3.8, 4) is 0 Å². The number of aromatic nitrogens is 1. The summed E-state index contributed by atoms with van der Waals surface area (Å²) in [5.41, 5.74) is 2.06. The summed E-state index contributed by atoms with van der Waals surface area (Å²) < 4.78 is 5.04. The van der Waals surface area contributed by atoms with Crippen LogP contribution in [-0.4, -0.2) is 47.0 Å². The zero-order chi connectivity index (χ0) is 17.9. The van der Waals surface area contributed by atoms with Crippen LogP contribution in [0.2, 0.25) is 0 Å². The lowest BCUT2D eigenvalue weighted by Gasteiger charge is -2.35. The van der Waals surface area contributed by atoms with E-state index >= 15 is 0 Å². The third-order valence-corrected chi connectivity index (χ3v) is 5.01. The first-order valence-corrected chi connectivity index (χ1v) is 9.08. The minimum absolute atomic E-state index is 0.128. The van der Waals surface area contributed by atoms with Gasteiger partial charge in [-0.15, -0.1) is 0 Å². The van der Waals surface area contributed by atoms with Gasteiger partial charge in [-0.1, -0.05) is 47.6 Å². The van der Waals surface area contributed by atoms with Crippen LogP contribution in [0.15, 0.2) is 53.1 Å². The van der Waals surface area contributed by atoms with E-state index in [-0.39, 0.29) is 5.91 Å². The summed E-state index contributed by atoms with van der Waals surface area (Å²) in [6, 6.07) is 16.8. The Hall–Kier alpha value is -2.66. The van der Waals surface area contributed by atoms with Gasteiger partial charge in [0.15, 0.2) is 0 Å². The number of fused-ring (bicyclic) bond motifs is 1. The van der Waals surface area contributed by atoms with E-state index in [1.54, 1.807) is 0 Å². The highest BCUT2D eigenvalue weighted by atomic mass is 16.5. The molecule has 1 aromatic heterocycles. The molecule has 0 N–H and O–H groups in total. The minimum Gasteiger partial charge on any atom is -0.361 e. The molecule has 134 valence electrons. The fraction of sp³-hybridized carbons (Fsp3) is 0.333. The molecule has 5 heteroatoms. The van der Waals surface area contributed by atoms with Crippen LogP contribution in [0.25, 0.3) is 10.8 Å². The number of aryl methyl sites for hydroxylation is 1. The predicted molar refractivity (Wildman–Crippen MR) is 101 cm³/mol. The maximum absolute atomic E-state index is 12.4. The fourth-order valence-corrected chi connectivity index (χ4v) is 3.59. The maximum Gasteiger partial charge on any atom is 0.228 e. The van der Waals surface area contributed by atoms with Crippen LogP contribution in [0.5, 0.6) is 0 Å². The molecule has 0 radical (unpaired) electrons. The molecule has 1 fully saturated rings. The van der Waals surface area contributed by atoms with Crippen molar-refractivity contribution in [2.24, 2.45) is 0 Å². The largest absolute Gasteiger partial charge is 0.361 e. The number of amides is 1. The van der Waals surface area contributed by atoms with E-state index in [2.05, 4.69) is 52.5 Å². The highest BCUT2D eigenvalue weighted by Gasteiger charge is 2.22. The van der Waals surface area contributed by atoms with E-state index in [0.717, 1.165) is 38.5 Å². The van der Waals surface area contributed by atoms with Gasteiger partial charge in [-0.05, 0) is 23.3 Å². The average molecular weight is 349 g/mol. The fourth-order valence-electron chi connectivity index (χ4n) is 3.59. The second-order valence-corrected chi connectivity index (χ2v) is 6.90. The summed E-state index contributed by atoms with van der Waals surface area (Å²) in [4.78, 5) is 16.8. The van der Waals surface area contributed by atoms with Gasteiger partial charge in [-0.25, -0.2) is 0 Å². The summed E-state index contributed by atoms with van der Waals surface area (Å²) >= 11 is 0. The van der Waals surface area contributed by atoms with E-state index in [9.17, 15) is 4.79 Å². The molecule has 0 atom stereocenters. The minimum atomic E-state index is 0.128. The van der Waals surface area contributed by atoms with Crippen LogP contribution >= 0.6 is 0 Å². The summed E-state index contributed by atoms with van der Waals surface area (Å²) in [5, 5.41) is 6.51. The number of hydrogen-bond acceptors (Lipinski definition) is 4. The van der Waals surface area contributed by atoms with Crippen LogP contribution in [-0.2, 0) is 17.8 Å². The maximum atomic E-state index is 12.4. The van der Waals surface area contributed by atoms with Crippen LogP contribution in [0.4, 0.5) is 0 Å². The molecule has 0 bridgehead atoms. The standard InChI is InChI=1S/C21H23N3O2/c1-16-13-19(22-26-16)14-21(25)24-11-9-23(10-12-24)15-18-7-4-6-17-5-2-3-8-20(17)18/h2-8,13H,9-12,14-15H2,1H3. The summed E-state index contributed by atoms with van der Waals surface area (Å²) in [6.07, 6.45) is 0.320. The van der Waals surface area contributed by atoms with Crippen molar-refractivity contribution < 1.29 is 9.32 Å². The van der Waals surface area contributed by atoms with E-state index in [4.69, 9.17) is 4.52 Å². The quantitative estimate of drug-likeness (QED) is 0.726. The first-order chi connectivity index (χ1) is 12.7. The molecule has 0 aliphatic carbocycles.